The Hall–Kier alpha value is -2.37. The zero-order valence-electron chi connectivity index (χ0n) is 35.0. The summed E-state index contributed by atoms with van der Waals surface area (Å²) in [5.74, 6) is -0.905. The summed E-state index contributed by atoms with van der Waals surface area (Å²) in [5, 5.41) is 0. The van der Waals surface area contributed by atoms with Crippen LogP contribution in [0.2, 0.25) is 0 Å². The van der Waals surface area contributed by atoms with E-state index >= 15 is 0 Å². The summed E-state index contributed by atoms with van der Waals surface area (Å²) in [4.78, 5) is 37.6. The Morgan fingerprint density at radius 2 is 0.698 bits per heavy atom. The second-order valence-corrected chi connectivity index (χ2v) is 15.0. The van der Waals surface area contributed by atoms with Crippen molar-refractivity contribution in [1.29, 1.82) is 0 Å². The molecule has 0 aromatic rings. The summed E-state index contributed by atoms with van der Waals surface area (Å²) in [6.45, 7) is 6.52. The molecule has 0 aromatic carbocycles. The van der Waals surface area contributed by atoms with Gasteiger partial charge in [-0.2, -0.15) is 0 Å². The highest BCUT2D eigenvalue weighted by Gasteiger charge is 2.19. The Morgan fingerprint density at radius 1 is 0.377 bits per heavy atom. The Bertz CT molecular complexity index is 907. The summed E-state index contributed by atoms with van der Waals surface area (Å²) < 4.78 is 16.7. The third kappa shape index (κ3) is 40.6. The van der Waals surface area contributed by atoms with Gasteiger partial charge in [0.2, 0.25) is 0 Å². The van der Waals surface area contributed by atoms with Gasteiger partial charge in [0.25, 0.3) is 0 Å². The lowest BCUT2D eigenvalue weighted by Crippen LogP contribution is -2.30. The van der Waals surface area contributed by atoms with Crippen LogP contribution in [0, 0.1) is 0 Å². The van der Waals surface area contributed by atoms with Gasteiger partial charge in [0.15, 0.2) is 6.10 Å². The molecule has 308 valence electrons. The molecule has 0 N–H and O–H groups in total. The molecular weight excluding hydrogens is 661 g/mol. The van der Waals surface area contributed by atoms with Crippen LogP contribution in [-0.2, 0) is 28.6 Å². The molecule has 0 saturated heterocycles. The van der Waals surface area contributed by atoms with Crippen LogP contribution >= 0.6 is 0 Å². The lowest BCUT2D eigenvalue weighted by Gasteiger charge is -2.18. The van der Waals surface area contributed by atoms with E-state index < -0.39 is 6.10 Å². The summed E-state index contributed by atoms with van der Waals surface area (Å²) in [5.41, 5.74) is 0. The molecule has 0 aliphatic carbocycles. The zero-order valence-corrected chi connectivity index (χ0v) is 35.0. The third-order valence-corrected chi connectivity index (χ3v) is 9.62. The van der Waals surface area contributed by atoms with E-state index in [4.69, 9.17) is 14.2 Å². The highest BCUT2D eigenvalue weighted by molar-refractivity contribution is 5.71. The molecule has 0 radical (unpaired) electrons. The molecule has 0 rings (SSSR count). The van der Waals surface area contributed by atoms with Crippen molar-refractivity contribution < 1.29 is 28.6 Å². The maximum atomic E-state index is 12.7. The van der Waals surface area contributed by atoms with Gasteiger partial charge in [0.1, 0.15) is 13.2 Å². The molecule has 6 nitrogen and oxygen atoms in total. The number of carbonyl (C=O) groups excluding carboxylic acids is 3. The third-order valence-electron chi connectivity index (χ3n) is 9.62. The molecule has 6 heteroatoms. The van der Waals surface area contributed by atoms with Gasteiger partial charge >= 0.3 is 17.9 Å². The van der Waals surface area contributed by atoms with Crippen LogP contribution in [0.4, 0.5) is 0 Å². The average Bonchev–Trinajstić information content (AvgIpc) is 3.15. The van der Waals surface area contributed by atoms with Gasteiger partial charge in [-0.15, -0.1) is 0 Å². The van der Waals surface area contributed by atoms with E-state index in [-0.39, 0.29) is 31.1 Å². The molecule has 0 aliphatic rings. The Morgan fingerprint density at radius 3 is 1.15 bits per heavy atom. The minimum absolute atomic E-state index is 0.0786. The fourth-order valence-electron chi connectivity index (χ4n) is 6.16. The summed E-state index contributed by atoms with van der Waals surface area (Å²) in [6.07, 6.45) is 46.9. The Balaban J connectivity index is 4.37. The fourth-order valence-corrected chi connectivity index (χ4v) is 6.16. The quantitative estimate of drug-likeness (QED) is 0.0269. The second-order valence-electron chi connectivity index (χ2n) is 15.0. The first kappa shape index (κ1) is 50.6. The minimum Gasteiger partial charge on any atom is -0.462 e. The molecular formula is C47H84O6. The molecule has 1 unspecified atom stereocenters. The molecule has 1 atom stereocenters. The number of carbonyl (C=O) groups is 3. The number of rotatable bonds is 40. The van der Waals surface area contributed by atoms with Crippen LogP contribution in [0.1, 0.15) is 226 Å². The van der Waals surface area contributed by atoms with Gasteiger partial charge in [-0.05, 0) is 70.6 Å². The molecule has 0 amide bonds. The van der Waals surface area contributed by atoms with E-state index in [1.165, 1.54) is 96.3 Å². The SMILES string of the molecule is CCCC/C=C\CCCCCCCC(=O)OC(COC(=O)CCCCCCC/C=C\C/C=C\CCCCC)COC(=O)CCCCCCCCCCC. The van der Waals surface area contributed by atoms with Gasteiger partial charge in [-0.1, -0.05) is 173 Å². The predicted molar refractivity (Wildman–Crippen MR) is 224 cm³/mol. The van der Waals surface area contributed by atoms with Gasteiger partial charge < -0.3 is 14.2 Å². The average molecular weight is 745 g/mol. The summed E-state index contributed by atoms with van der Waals surface area (Å²) in [7, 11) is 0. The van der Waals surface area contributed by atoms with Gasteiger partial charge in [-0.3, -0.25) is 14.4 Å². The molecule has 0 heterocycles. The van der Waals surface area contributed by atoms with Crippen molar-refractivity contribution in [2.24, 2.45) is 0 Å². The van der Waals surface area contributed by atoms with E-state index in [2.05, 4.69) is 57.2 Å². The lowest BCUT2D eigenvalue weighted by atomic mass is 10.1. The minimum atomic E-state index is -0.775. The van der Waals surface area contributed by atoms with E-state index in [1.54, 1.807) is 0 Å². The number of allylic oxidation sites excluding steroid dienone is 6. The Labute approximate surface area is 327 Å². The maximum absolute atomic E-state index is 12.7. The highest BCUT2D eigenvalue weighted by atomic mass is 16.6. The zero-order chi connectivity index (χ0) is 38.7. The van der Waals surface area contributed by atoms with E-state index in [9.17, 15) is 14.4 Å². The molecule has 0 aromatic heterocycles. The van der Waals surface area contributed by atoms with Crippen LogP contribution < -0.4 is 0 Å². The van der Waals surface area contributed by atoms with Crippen molar-refractivity contribution in [3.63, 3.8) is 0 Å². The van der Waals surface area contributed by atoms with Crippen molar-refractivity contribution in [2.45, 2.75) is 232 Å². The number of hydrogen-bond donors (Lipinski definition) is 0. The van der Waals surface area contributed by atoms with Crippen molar-refractivity contribution in [3.8, 4) is 0 Å². The van der Waals surface area contributed by atoms with Gasteiger partial charge in [0.05, 0.1) is 0 Å². The van der Waals surface area contributed by atoms with Gasteiger partial charge in [0, 0.05) is 19.3 Å². The van der Waals surface area contributed by atoms with Crippen molar-refractivity contribution in [3.05, 3.63) is 36.5 Å². The summed E-state index contributed by atoms with van der Waals surface area (Å²) in [6, 6.07) is 0. The van der Waals surface area contributed by atoms with Crippen molar-refractivity contribution >= 4 is 17.9 Å². The fraction of sp³-hybridized carbons (Fsp3) is 0.809. The first-order valence-electron chi connectivity index (χ1n) is 22.5. The standard InChI is InChI=1S/C47H84O6/c1-4-7-10-13-16-19-21-22-23-24-26-28-31-34-37-40-46(49)52-43-44(42-51-45(48)39-36-33-30-27-18-15-12-9-6-3)53-47(50)41-38-35-32-29-25-20-17-14-11-8-5-2/h14,16-17,19,22-23,44H,4-13,15,18,20-21,24-43H2,1-3H3/b17-14-,19-16-,23-22-. The number of ether oxygens (including phenoxy) is 3. The Kier molecular flexibility index (Phi) is 40.5. The van der Waals surface area contributed by atoms with Gasteiger partial charge in [-0.25, -0.2) is 0 Å². The molecule has 0 aliphatic heterocycles. The molecule has 0 saturated carbocycles. The first-order valence-corrected chi connectivity index (χ1v) is 22.5. The smallest absolute Gasteiger partial charge is 0.306 e. The molecule has 0 fully saturated rings. The predicted octanol–water partition coefficient (Wildman–Crippen LogP) is 14.2. The van der Waals surface area contributed by atoms with Crippen molar-refractivity contribution in [2.75, 3.05) is 13.2 Å². The first-order chi connectivity index (χ1) is 26.0. The van der Waals surface area contributed by atoms with Crippen LogP contribution in [0.25, 0.3) is 0 Å². The monoisotopic (exact) mass is 745 g/mol. The largest absolute Gasteiger partial charge is 0.462 e. The van der Waals surface area contributed by atoms with Crippen molar-refractivity contribution in [1.82, 2.24) is 0 Å². The lowest BCUT2D eigenvalue weighted by molar-refractivity contribution is -0.167. The molecule has 0 bridgehead atoms. The highest BCUT2D eigenvalue weighted by Crippen LogP contribution is 2.13. The van der Waals surface area contributed by atoms with Crippen LogP contribution in [0.15, 0.2) is 36.5 Å². The topological polar surface area (TPSA) is 78.9 Å². The molecule has 53 heavy (non-hydrogen) atoms. The second kappa shape index (κ2) is 42.4. The normalized spacial score (nSPS) is 12.3. The maximum Gasteiger partial charge on any atom is 0.306 e. The number of hydrogen-bond acceptors (Lipinski definition) is 6. The summed E-state index contributed by atoms with van der Waals surface area (Å²) >= 11 is 0. The van der Waals surface area contributed by atoms with E-state index in [0.717, 1.165) is 89.9 Å². The van der Waals surface area contributed by atoms with Crippen LogP contribution in [0.3, 0.4) is 0 Å². The van der Waals surface area contributed by atoms with Crippen LogP contribution in [-0.4, -0.2) is 37.2 Å². The number of unbranched alkanes of at least 4 members (excludes halogenated alkanes) is 23. The number of esters is 3. The van der Waals surface area contributed by atoms with E-state index in [0.29, 0.717) is 19.3 Å². The van der Waals surface area contributed by atoms with Crippen LogP contribution in [0.5, 0.6) is 0 Å². The molecule has 0 spiro atoms. The van der Waals surface area contributed by atoms with E-state index in [1.807, 2.05) is 0 Å².